The quantitative estimate of drug-likeness (QED) is 0.459. The van der Waals surface area contributed by atoms with Gasteiger partial charge in [-0.1, -0.05) is 42.5 Å². The number of amides is 1. The van der Waals surface area contributed by atoms with E-state index in [4.69, 9.17) is 14.2 Å². The molecule has 4 rings (SSSR count). The Morgan fingerprint density at radius 1 is 0.941 bits per heavy atom. The first-order valence-corrected chi connectivity index (χ1v) is 10.9. The third kappa shape index (κ3) is 4.93. The van der Waals surface area contributed by atoms with E-state index in [9.17, 15) is 9.59 Å². The van der Waals surface area contributed by atoms with E-state index in [1.54, 1.807) is 25.3 Å². The maximum atomic E-state index is 13.3. The van der Waals surface area contributed by atoms with Gasteiger partial charge in [0.15, 0.2) is 23.9 Å². The summed E-state index contributed by atoms with van der Waals surface area (Å²) in [6.45, 7) is 1.25. The Morgan fingerprint density at radius 3 is 2.32 bits per heavy atom. The molecule has 1 heterocycles. The second-order valence-electron chi connectivity index (χ2n) is 7.85. The molecule has 0 radical (unpaired) electrons. The van der Waals surface area contributed by atoms with Crippen LogP contribution in [0.1, 0.15) is 40.9 Å². The van der Waals surface area contributed by atoms with Gasteiger partial charge >= 0.3 is 0 Å². The second-order valence-corrected chi connectivity index (χ2v) is 7.85. The first-order valence-electron chi connectivity index (χ1n) is 10.9. The highest BCUT2D eigenvalue weighted by Crippen LogP contribution is 2.34. The third-order valence-electron chi connectivity index (χ3n) is 5.69. The Bertz CT molecular complexity index is 1210. The predicted molar refractivity (Wildman–Crippen MR) is 129 cm³/mol. The van der Waals surface area contributed by atoms with Crippen molar-refractivity contribution in [1.29, 1.82) is 0 Å². The van der Waals surface area contributed by atoms with Gasteiger partial charge in [0.2, 0.25) is 0 Å². The summed E-state index contributed by atoms with van der Waals surface area (Å²) in [4.78, 5) is 24.9. The molecule has 1 atom stereocenters. The summed E-state index contributed by atoms with van der Waals surface area (Å²) in [5.74, 6) is 1.15. The van der Waals surface area contributed by atoms with Gasteiger partial charge in [-0.05, 0) is 48.4 Å². The maximum Gasteiger partial charge on any atom is 0.281 e. The van der Waals surface area contributed by atoms with Gasteiger partial charge < -0.3 is 14.2 Å². The van der Waals surface area contributed by atoms with Crippen LogP contribution in [0.5, 0.6) is 17.2 Å². The molecule has 3 aromatic carbocycles. The van der Waals surface area contributed by atoms with Crippen LogP contribution >= 0.6 is 0 Å². The summed E-state index contributed by atoms with van der Waals surface area (Å²) in [6.07, 6.45) is 0.582. The molecule has 7 nitrogen and oxygen atoms in total. The molecule has 1 aliphatic rings. The van der Waals surface area contributed by atoms with E-state index in [2.05, 4.69) is 5.10 Å². The lowest BCUT2D eigenvalue weighted by Gasteiger charge is -2.22. The molecule has 1 amide bonds. The smallest absolute Gasteiger partial charge is 0.281 e. The van der Waals surface area contributed by atoms with Crippen molar-refractivity contribution in [2.24, 2.45) is 5.10 Å². The van der Waals surface area contributed by atoms with E-state index < -0.39 is 0 Å². The number of Topliss-reactive ketones (excluding diaryl/α,β-unsaturated/α-hetero) is 1. The molecule has 0 N–H and O–H groups in total. The average Bonchev–Trinajstić information content (AvgIpc) is 3.33. The lowest BCUT2D eigenvalue weighted by Crippen LogP contribution is -2.31. The Balaban J connectivity index is 1.57. The second kappa shape index (κ2) is 10.2. The molecule has 3 aromatic rings. The molecule has 0 bridgehead atoms. The Labute approximate surface area is 198 Å². The predicted octanol–water partition coefficient (Wildman–Crippen LogP) is 4.66. The van der Waals surface area contributed by atoms with Gasteiger partial charge in [0, 0.05) is 12.0 Å². The molecule has 0 saturated carbocycles. The fourth-order valence-electron chi connectivity index (χ4n) is 3.84. The van der Waals surface area contributed by atoms with Gasteiger partial charge in [-0.25, -0.2) is 5.01 Å². The number of rotatable bonds is 8. The van der Waals surface area contributed by atoms with E-state index in [-0.39, 0.29) is 24.3 Å². The normalized spacial score (nSPS) is 15.0. The van der Waals surface area contributed by atoms with Crippen LogP contribution < -0.4 is 14.2 Å². The van der Waals surface area contributed by atoms with E-state index >= 15 is 0 Å². The van der Waals surface area contributed by atoms with Crippen molar-refractivity contribution in [1.82, 2.24) is 5.01 Å². The minimum atomic E-state index is -0.288. The number of ether oxygens (including phenoxy) is 3. The van der Waals surface area contributed by atoms with Crippen LogP contribution in [0.15, 0.2) is 77.9 Å². The van der Waals surface area contributed by atoms with Gasteiger partial charge in [0.05, 0.1) is 26.0 Å². The molecule has 34 heavy (non-hydrogen) atoms. The molecule has 0 aliphatic carbocycles. The van der Waals surface area contributed by atoms with Crippen LogP contribution in [0.25, 0.3) is 0 Å². The molecule has 174 valence electrons. The number of carbonyl (C=O) groups excluding carboxylic acids is 2. The van der Waals surface area contributed by atoms with Crippen LogP contribution in [0.2, 0.25) is 0 Å². The van der Waals surface area contributed by atoms with Gasteiger partial charge in [-0.15, -0.1) is 0 Å². The topological polar surface area (TPSA) is 77.4 Å². The number of carbonyl (C=O) groups is 2. The van der Waals surface area contributed by atoms with E-state index in [1.165, 1.54) is 19.0 Å². The largest absolute Gasteiger partial charge is 0.497 e. The first kappa shape index (κ1) is 23.0. The lowest BCUT2D eigenvalue weighted by molar-refractivity contribution is -0.135. The van der Waals surface area contributed by atoms with Gasteiger partial charge in [-0.2, -0.15) is 5.10 Å². The van der Waals surface area contributed by atoms with Crippen LogP contribution in [-0.2, 0) is 4.79 Å². The molecular formula is C27H26N2O5. The number of nitrogens with zero attached hydrogens (tertiary/aromatic N) is 2. The number of hydrogen-bond donors (Lipinski definition) is 0. The van der Waals surface area contributed by atoms with Gasteiger partial charge in [-0.3, -0.25) is 9.59 Å². The van der Waals surface area contributed by atoms with E-state index in [1.807, 2.05) is 54.6 Å². The van der Waals surface area contributed by atoms with Crippen molar-refractivity contribution in [2.75, 3.05) is 20.8 Å². The minimum Gasteiger partial charge on any atom is -0.497 e. The molecule has 0 spiro atoms. The van der Waals surface area contributed by atoms with Gasteiger partial charge in [0.1, 0.15) is 5.75 Å². The number of hydrazone groups is 1. The zero-order valence-electron chi connectivity index (χ0n) is 19.4. The minimum absolute atomic E-state index is 0.0805. The van der Waals surface area contributed by atoms with E-state index in [0.29, 0.717) is 23.5 Å². The highest BCUT2D eigenvalue weighted by molar-refractivity contribution is 6.03. The Morgan fingerprint density at radius 2 is 1.68 bits per heavy atom. The molecule has 0 fully saturated rings. The summed E-state index contributed by atoms with van der Waals surface area (Å²) in [5, 5.41) is 6.15. The summed E-state index contributed by atoms with van der Waals surface area (Å²) < 4.78 is 16.4. The van der Waals surface area contributed by atoms with Crippen LogP contribution in [0, 0.1) is 0 Å². The van der Waals surface area contributed by atoms with Crippen molar-refractivity contribution in [2.45, 2.75) is 19.4 Å². The third-order valence-corrected chi connectivity index (χ3v) is 5.69. The van der Waals surface area contributed by atoms with Crippen molar-refractivity contribution in [3.8, 4) is 17.2 Å². The number of ketones is 1. The monoisotopic (exact) mass is 458 g/mol. The average molecular weight is 459 g/mol. The Hall–Kier alpha value is -4.13. The van der Waals surface area contributed by atoms with Crippen molar-refractivity contribution in [3.05, 3.63) is 89.5 Å². The molecule has 1 aliphatic heterocycles. The summed E-state index contributed by atoms with van der Waals surface area (Å²) in [5.41, 5.74) is 3.26. The van der Waals surface area contributed by atoms with Gasteiger partial charge in [0.25, 0.3) is 5.91 Å². The molecule has 0 unspecified atom stereocenters. The molecule has 0 saturated heterocycles. The summed E-state index contributed by atoms with van der Waals surface area (Å²) in [7, 11) is 3.11. The maximum absolute atomic E-state index is 13.3. The zero-order valence-corrected chi connectivity index (χ0v) is 19.4. The first-order chi connectivity index (χ1) is 16.5. The number of hydrogen-bond acceptors (Lipinski definition) is 6. The summed E-state index contributed by atoms with van der Waals surface area (Å²) >= 11 is 0. The lowest BCUT2D eigenvalue weighted by atomic mass is 9.98. The van der Waals surface area contributed by atoms with Crippen LogP contribution in [0.4, 0.5) is 0 Å². The number of methoxy groups -OCH3 is 2. The van der Waals surface area contributed by atoms with Crippen molar-refractivity contribution < 1.29 is 23.8 Å². The fraction of sp³-hybridized carbons (Fsp3) is 0.222. The van der Waals surface area contributed by atoms with Crippen molar-refractivity contribution >= 4 is 17.4 Å². The highest BCUT2D eigenvalue weighted by Gasteiger charge is 2.33. The fourth-order valence-corrected chi connectivity index (χ4v) is 3.84. The SMILES string of the molecule is COc1ccc([C@@H]2CC(c3ccccc3)=NN2C(=O)COc2ccc(C(C)=O)cc2OC)cc1. The molecular weight excluding hydrogens is 432 g/mol. The Kier molecular flexibility index (Phi) is 6.92. The van der Waals surface area contributed by atoms with Crippen molar-refractivity contribution in [3.63, 3.8) is 0 Å². The highest BCUT2D eigenvalue weighted by atomic mass is 16.5. The van der Waals surface area contributed by atoms with Crippen LogP contribution in [-0.4, -0.2) is 43.2 Å². The molecule has 7 heteroatoms. The van der Waals surface area contributed by atoms with E-state index in [0.717, 1.165) is 22.6 Å². The zero-order chi connectivity index (χ0) is 24.1. The number of benzene rings is 3. The summed E-state index contributed by atoms with van der Waals surface area (Å²) in [6, 6.07) is 22.0. The molecule has 0 aromatic heterocycles. The standard InChI is InChI=1S/C27H26N2O5/c1-18(30)21-11-14-25(26(15-21)33-3)34-17-27(31)29-24(20-9-12-22(32-2)13-10-20)16-23(28-29)19-7-5-4-6-8-19/h4-15,24H,16-17H2,1-3H3/t24-/m0/s1. The van der Waals surface area contributed by atoms with Crippen LogP contribution in [0.3, 0.4) is 0 Å².